The lowest BCUT2D eigenvalue weighted by molar-refractivity contribution is 0.0702. The Morgan fingerprint density at radius 3 is 2.58 bits per heavy atom. The number of ether oxygens (including phenoxy) is 1. The first kappa shape index (κ1) is 17.1. The quantitative estimate of drug-likeness (QED) is 0.734. The second-order valence-electron chi connectivity index (χ2n) is 6.81. The van der Waals surface area contributed by atoms with E-state index in [1.807, 2.05) is 12.4 Å². The first-order valence-corrected chi connectivity index (χ1v) is 9.08. The van der Waals surface area contributed by atoms with Crippen LogP contribution in [0.2, 0.25) is 0 Å². The number of aryl methyl sites for hydroxylation is 2. The topological polar surface area (TPSA) is 25.4 Å². The summed E-state index contributed by atoms with van der Waals surface area (Å²) in [5.74, 6) is 0. The molecule has 2 heterocycles. The fourth-order valence-corrected chi connectivity index (χ4v) is 3.32. The molecule has 1 unspecified atom stereocenters. The van der Waals surface area contributed by atoms with Gasteiger partial charge in [-0.05, 0) is 62.4 Å². The largest absolute Gasteiger partial charge is 0.377 e. The lowest BCUT2D eigenvalue weighted by Crippen LogP contribution is -2.32. The van der Waals surface area contributed by atoms with Crippen LogP contribution in [0.4, 0.5) is 0 Å². The van der Waals surface area contributed by atoms with Crippen LogP contribution in [0, 0.1) is 6.92 Å². The molecule has 0 amide bonds. The molecule has 1 saturated heterocycles. The minimum atomic E-state index is 0.409. The van der Waals surface area contributed by atoms with Crippen LogP contribution < -0.4 is 0 Å². The van der Waals surface area contributed by atoms with E-state index < -0.39 is 0 Å². The van der Waals surface area contributed by atoms with Crippen molar-refractivity contribution in [1.82, 2.24) is 9.88 Å². The Balaban J connectivity index is 1.53. The molecule has 3 nitrogen and oxygen atoms in total. The van der Waals surface area contributed by atoms with E-state index in [0.717, 1.165) is 32.7 Å². The second-order valence-corrected chi connectivity index (χ2v) is 6.81. The van der Waals surface area contributed by atoms with Crippen LogP contribution >= 0.6 is 0 Å². The maximum Gasteiger partial charge on any atom is 0.0702 e. The summed E-state index contributed by atoms with van der Waals surface area (Å²) in [7, 11) is 0. The molecule has 1 aromatic carbocycles. The highest BCUT2D eigenvalue weighted by Gasteiger charge is 2.19. The Labute approximate surface area is 145 Å². The summed E-state index contributed by atoms with van der Waals surface area (Å²) in [6, 6.07) is 13.1. The molecule has 0 aliphatic carbocycles. The van der Waals surface area contributed by atoms with Gasteiger partial charge in [0.25, 0.3) is 0 Å². The van der Waals surface area contributed by atoms with Crippen LogP contribution in [0.15, 0.2) is 48.8 Å². The molecule has 0 bridgehead atoms. The minimum absolute atomic E-state index is 0.409. The van der Waals surface area contributed by atoms with Crippen molar-refractivity contribution in [2.45, 2.75) is 45.3 Å². The summed E-state index contributed by atoms with van der Waals surface area (Å²) in [4.78, 5) is 6.66. The molecule has 1 aliphatic rings. The number of nitrogens with zero attached hydrogens (tertiary/aromatic N) is 2. The molecule has 1 aliphatic heterocycles. The van der Waals surface area contributed by atoms with Gasteiger partial charge in [-0.15, -0.1) is 0 Å². The molecule has 3 rings (SSSR count). The molecular weight excluding hydrogens is 296 g/mol. The van der Waals surface area contributed by atoms with E-state index in [1.165, 1.54) is 36.0 Å². The Bertz CT molecular complexity index is 591. The van der Waals surface area contributed by atoms with Crippen LogP contribution in [0.25, 0.3) is 0 Å². The van der Waals surface area contributed by atoms with Gasteiger partial charge in [0.15, 0.2) is 0 Å². The number of benzene rings is 1. The summed E-state index contributed by atoms with van der Waals surface area (Å²) >= 11 is 0. The zero-order valence-electron chi connectivity index (χ0n) is 14.7. The van der Waals surface area contributed by atoms with E-state index in [0.29, 0.717) is 6.10 Å². The van der Waals surface area contributed by atoms with E-state index in [1.54, 1.807) is 0 Å². The lowest BCUT2D eigenvalue weighted by Gasteiger charge is -2.25. The van der Waals surface area contributed by atoms with Crippen molar-refractivity contribution < 1.29 is 4.74 Å². The van der Waals surface area contributed by atoms with Crippen LogP contribution in [0.5, 0.6) is 0 Å². The van der Waals surface area contributed by atoms with E-state index in [2.05, 4.69) is 53.2 Å². The Morgan fingerprint density at radius 1 is 1.08 bits per heavy atom. The molecular formula is C21H28N2O. The predicted octanol–water partition coefficient (Wildman–Crippen LogP) is 4.00. The van der Waals surface area contributed by atoms with Crippen molar-refractivity contribution in [3.63, 3.8) is 0 Å². The van der Waals surface area contributed by atoms with Crippen LogP contribution in [0.3, 0.4) is 0 Å². The minimum Gasteiger partial charge on any atom is -0.377 e. The maximum absolute atomic E-state index is 5.84. The maximum atomic E-state index is 5.84. The highest BCUT2D eigenvalue weighted by atomic mass is 16.5. The first-order chi connectivity index (χ1) is 11.8. The number of rotatable bonds is 8. The molecule has 24 heavy (non-hydrogen) atoms. The van der Waals surface area contributed by atoms with Gasteiger partial charge in [-0.25, -0.2) is 0 Å². The Kier molecular flexibility index (Phi) is 6.39. The zero-order chi connectivity index (χ0) is 16.6. The van der Waals surface area contributed by atoms with Gasteiger partial charge >= 0.3 is 0 Å². The summed E-state index contributed by atoms with van der Waals surface area (Å²) < 4.78 is 5.84. The SMILES string of the molecule is Cc1ccc(CCCN(Cc2ccncc2)CC2CCCO2)cc1. The third kappa shape index (κ3) is 5.43. The van der Waals surface area contributed by atoms with Crippen LogP contribution in [-0.4, -0.2) is 35.7 Å². The fourth-order valence-electron chi connectivity index (χ4n) is 3.32. The van der Waals surface area contributed by atoms with Crippen molar-refractivity contribution in [3.05, 3.63) is 65.5 Å². The monoisotopic (exact) mass is 324 g/mol. The number of aromatic nitrogens is 1. The molecule has 1 aromatic heterocycles. The number of hydrogen-bond acceptors (Lipinski definition) is 3. The normalized spacial score (nSPS) is 17.5. The van der Waals surface area contributed by atoms with Crippen molar-refractivity contribution in [3.8, 4) is 0 Å². The lowest BCUT2D eigenvalue weighted by atomic mass is 10.1. The van der Waals surface area contributed by atoms with E-state index in [9.17, 15) is 0 Å². The molecule has 0 spiro atoms. The molecule has 3 heteroatoms. The standard InChI is InChI=1S/C21H28N2O/c1-18-6-8-19(9-7-18)4-2-14-23(17-21-5-3-15-24-21)16-20-10-12-22-13-11-20/h6-13,21H,2-5,14-17H2,1H3. The highest BCUT2D eigenvalue weighted by molar-refractivity contribution is 5.21. The van der Waals surface area contributed by atoms with Crippen molar-refractivity contribution in [1.29, 1.82) is 0 Å². The van der Waals surface area contributed by atoms with Gasteiger partial charge in [0.05, 0.1) is 6.10 Å². The van der Waals surface area contributed by atoms with Crippen molar-refractivity contribution >= 4 is 0 Å². The molecule has 1 fully saturated rings. The van der Waals surface area contributed by atoms with Gasteiger partial charge in [0, 0.05) is 32.1 Å². The molecule has 2 aromatic rings. The average Bonchev–Trinajstić information content (AvgIpc) is 3.10. The summed E-state index contributed by atoms with van der Waals surface area (Å²) in [5.41, 5.74) is 4.09. The zero-order valence-corrected chi connectivity index (χ0v) is 14.7. The Morgan fingerprint density at radius 2 is 1.88 bits per heavy atom. The smallest absolute Gasteiger partial charge is 0.0702 e. The van der Waals surface area contributed by atoms with E-state index in [4.69, 9.17) is 4.74 Å². The molecule has 0 radical (unpaired) electrons. The third-order valence-corrected chi connectivity index (χ3v) is 4.70. The van der Waals surface area contributed by atoms with Crippen LogP contribution in [0.1, 0.15) is 36.0 Å². The first-order valence-electron chi connectivity index (χ1n) is 9.08. The summed E-state index contributed by atoms with van der Waals surface area (Å²) in [6.07, 6.45) is 8.89. The summed E-state index contributed by atoms with van der Waals surface area (Å²) in [6.45, 7) is 6.20. The fraction of sp³-hybridized carbons (Fsp3) is 0.476. The van der Waals surface area contributed by atoms with E-state index >= 15 is 0 Å². The molecule has 0 saturated carbocycles. The van der Waals surface area contributed by atoms with Crippen LogP contribution in [-0.2, 0) is 17.7 Å². The number of pyridine rings is 1. The van der Waals surface area contributed by atoms with Gasteiger partial charge in [0.2, 0.25) is 0 Å². The van der Waals surface area contributed by atoms with Gasteiger partial charge in [-0.2, -0.15) is 0 Å². The summed E-state index contributed by atoms with van der Waals surface area (Å²) in [5, 5.41) is 0. The van der Waals surface area contributed by atoms with Crippen molar-refractivity contribution in [2.75, 3.05) is 19.7 Å². The second kappa shape index (κ2) is 8.95. The average molecular weight is 324 g/mol. The van der Waals surface area contributed by atoms with Gasteiger partial charge in [-0.1, -0.05) is 29.8 Å². The molecule has 1 atom stereocenters. The third-order valence-electron chi connectivity index (χ3n) is 4.70. The van der Waals surface area contributed by atoms with E-state index in [-0.39, 0.29) is 0 Å². The highest BCUT2D eigenvalue weighted by Crippen LogP contribution is 2.16. The van der Waals surface area contributed by atoms with Gasteiger partial charge < -0.3 is 4.74 Å². The van der Waals surface area contributed by atoms with Gasteiger partial charge in [-0.3, -0.25) is 9.88 Å². The van der Waals surface area contributed by atoms with Crippen molar-refractivity contribution in [2.24, 2.45) is 0 Å². The van der Waals surface area contributed by atoms with Gasteiger partial charge in [0.1, 0.15) is 0 Å². The predicted molar refractivity (Wildman–Crippen MR) is 98.0 cm³/mol. The molecule has 0 N–H and O–H groups in total. The molecule has 128 valence electrons. The Hall–Kier alpha value is -1.71. The number of hydrogen-bond donors (Lipinski definition) is 0.